The Hall–Kier alpha value is -3.29. The summed E-state index contributed by atoms with van der Waals surface area (Å²) in [5.41, 5.74) is 4.93. The second kappa shape index (κ2) is 8.00. The van der Waals surface area contributed by atoms with E-state index in [-0.39, 0.29) is 18.5 Å². The van der Waals surface area contributed by atoms with Crippen molar-refractivity contribution >= 4 is 23.7 Å². The van der Waals surface area contributed by atoms with Crippen LogP contribution in [-0.2, 0) is 11.3 Å². The van der Waals surface area contributed by atoms with Crippen LogP contribution in [0.25, 0.3) is 0 Å². The summed E-state index contributed by atoms with van der Waals surface area (Å²) < 4.78 is 3.75. The number of aromatic nitrogens is 2. The number of nitrogens with zero attached hydrogens (tertiary/aromatic N) is 6. The predicted molar refractivity (Wildman–Crippen MR) is 123 cm³/mol. The number of aliphatic imine (C=N–C) groups is 1. The van der Waals surface area contributed by atoms with E-state index in [0.29, 0.717) is 24.3 Å². The van der Waals surface area contributed by atoms with Crippen molar-refractivity contribution in [3.8, 4) is 0 Å². The zero-order valence-corrected chi connectivity index (χ0v) is 19.9. The van der Waals surface area contributed by atoms with Crippen LogP contribution in [0.4, 0.5) is 4.79 Å². The van der Waals surface area contributed by atoms with Crippen LogP contribution >= 0.6 is 0 Å². The van der Waals surface area contributed by atoms with Gasteiger partial charge in [-0.15, -0.1) is 9.78 Å². The molecule has 2 aliphatic rings. The fraction of sp³-hybridized carbons (Fsp3) is 0.458. The summed E-state index contributed by atoms with van der Waals surface area (Å²) in [7, 11) is 1.69. The molecule has 2 aromatic rings. The molecule has 3 heterocycles. The number of carbonyl (C=O) groups is 2. The number of benzene rings is 1. The van der Waals surface area contributed by atoms with Crippen LogP contribution in [0.15, 0.2) is 29.3 Å². The minimum atomic E-state index is -0.649. The molecular weight excluding hydrogens is 404 g/mol. The van der Waals surface area contributed by atoms with Crippen molar-refractivity contribution in [2.45, 2.75) is 54.1 Å². The zero-order chi connectivity index (χ0) is 23.3. The molecule has 0 radical (unpaired) electrons. The quantitative estimate of drug-likeness (QED) is 0.693. The van der Waals surface area contributed by atoms with Crippen LogP contribution in [0, 0.1) is 33.6 Å². The molecule has 1 fully saturated rings. The predicted octanol–water partition coefficient (Wildman–Crippen LogP) is 2.86. The number of fused-ring (bicyclic) bond motifs is 1. The van der Waals surface area contributed by atoms with E-state index < -0.39 is 6.04 Å². The van der Waals surface area contributed by atoms with Gasteiger partial charge in [-0.2, -0.15) is 0 Å². The van der Waals surface area contributed by atoms with E-state index in [1.165, 1.54) is 9.80 Å². The van der Waals surface area contributed by atoms with Crippen molar-refractivity contribution in [1.82, 2.24) is 19.6 Å². The van der Waals surface area contributed by atoms with E-state index >= 15 is 0 Å². The molecule has 0 spiro atoms. The normalized spacial score (nSPS) is 18.8. The first-order valence-electron chi connectivity index (χ1n) is 11.0. The Bertz CT molecular complexity index is 1170. The van der Waals surface area contributed by atoms with Gasteiger partial charge in [-0.1, -0.05) is 42.6 Å². The van der Waals surface area contributed by atoms with Gasteiger partial charge in [0.05, 0.1) is 18.8 Å². The number of hydrogen-bond donors (Lipinski definition) is 0. The Balaban J connectivity index is 1.79. The van der Waals surface area contributed by atoms with Gasteiger partial charge in [0.25, 0.3) is 5.91 Å². The van der Waals surface area contributed by atoms with Gasteiger partial charge in [-0.25, -0.2) is 9.37 Å². The number of aryl methyl sites for hydroxylation is 4. The third kappa shape index (κ3) is 3.63. The van der Waals surface area contributed by atoms with Crippen LogP contribution in [0.1, 0.15) is 41.9 Å². The van der Waals surface area contributed by atoms with Gasteiger partial charge in [0, 0.05) is 7.05 Å². The summed E-state index contributed by atoms with van der Waals surface area (Å²) in [6.45, 7) is 13.0. The van der Waals surface area contributed by atoms with Gasteiger partial charge in [0.1, 0.15) is 5.69 Å². The summed E-state index contributed by atoms with van der Waals surface area (Å²) >= 11 is 0. The standard InChI is InChI=1S/C24H31N6O2/c1-14(2)12-28-20-21(25-23(28)30-18(6)11-17(5)26-30)27(7)24(32)29(22(20)31)13-19-10-15(3)8-9-16(19)4/h8-11,14,20H,12-13H2,1-7H3/q+1. The summed E-state index contributed by atoms with van der Waals surface area (Å²) in [4.78, 5) is 34.6. The minimum Gasteiger partial charge on any atom is -0.270 e. The molecule has 1 unspecified atom stereocenters. The van der Waals surface area contributed by atoms with Crippen molar-refractivity contribution in [2.75, 3.05) is 13.6 Å². The molecule has 1 saturated heterocycles. The van der Waals surface area contributed by atoms with Gasteiger partial charge in [-0.05, 0) is 50.8 Å². The summed E-state index contributed by atoms with van der Waals surface area (Å²) in [6, 6.07) is 7.07. The Kier molecular flexibility index (Phi) is 5.48. The lowest BCUT2D eigenvalue weighted by Crippen LogP contribution is -2.62. The van der Waals surface area contributed by atoms with Gasteiger partial charge in [0.15, 0.2) is 0 Å². The Morgan fingerprint density at radius 1 is 1.09 bits per heavy atom. The van der Waals surface area contributed by atoms with E-state index in [1.54, 1.807) is 11.7 Å². The first kappa shape index (κ1) is 21.9. The first-order valence-corrected chi connectivity index (χ1v) is 11.0. The molecule has 8 heteroatoms. The van der Waals surface area contributed by atoms with Gasteiger partial charge in [-0.3, -0.25) is 14.6 Å². The molecule has 1 atom stereocenters. The second-order valence-electron chi connectivity index (χ2n) is 9.25. The lowest BCUT2D eigenvalue weighted by Gasteiger charge is -2.34. The molecule has 0 saturated carbocycles. The molecule has 0 N–H and O–H groups in total. The second-order valence-corrected chi connectivity index (χ2v) is 9.25. The van der Waals surface area contributed by atoms with Gasteiger partial charge < -0.3 is 0 Å². The molecule has 168 valence electrons. The maximum absolute atomic E-state index is 13.7. The number of carbonyl (C=O) groups excluding carboxylic acids is 2. The van der Waals surface area contributed by atoms with Crippen molar-refractivity contribution in [3.05, 3.63) is 52.3 Å². The Labute approximate surface area is 188 Å². The van der Waals surface area contributed by atoms with Crippen LogP contribution < -0.4 is 0 Å². The minimum absolute atomic E-state index is 0.240. The molecule has 0 bridgehead atoms. The third-order valence-corrected chi connectivity index (χ3v) is 5.98. The van der Waals surface area contributed by atoms with Crippen molar-refractivity contribution in [2.24, 2.45) is 10.9 Å². The lowest BCUT2D eigenvalue weighted by atomic mass is 10.0. The number of amidine groups is 1. The fourth-order valence-electron chi connectivity index (χ4n) is 4.37. The highest BCUT2D eigenvalue weighted by Crippen LogP contribution is 2.24. The SMILES string of the molecule is Cc1ccc(C)c(CN2C(=O)C3C(=NC(n4nc(C)cc4C)=[N+]3CC(C)C)N(C)C2=O)c1. The smallest absolute Gasteiger partial charge is 0.270 e. The summed E-state index contributed by atoms with van der Waals surface area (Å²) in [5, 5.41) is 4.59. The van der Waals surface area contributed by atoms with Crippen LogP contribution in [-0.4, -0.2) is 67.5 Å². The molecule has 8 nitrogen and oxygen atoms in total. The van der Waals surface area contributed by atoms with Crippen LogP contribution in [0.2, 0.25) is 0 Å². The molecule has 32 heavy (non-hydrogen) atoms. The third-order valence-electron chi connectivity index (χ3n) is 5.98. The molecular formula is C24H31N6O2+. The van der Waals surface area contributed by atoms with E-state index in [4.69, 9.17) is 4.99 Å². The maximum Gasteiger partial charge on any atom is 0.421 e. The van der Waals surface area contributed by atoms with Crippen molar-refractivity contribution in [3.63, 3.8) is 0 Å². The molecule has 2 aliphatic heterocycles. The van der Waals surface area contributed by atoms with E-state index in [0.717, 1.165) is 28.1 Å². The van der Waals surface area contributed by atoms with Crippen molar-refractivity contribution < 1.29 is 14.2 Å². The molecule has 3 amide bonds. The number of imide groups is 1. The Morgan fingerprint density at radius 3 is 2.44 bits per heavy atom. The molecule has 1 aromatic carbocycles. The largest absolute Gasteiger partial charge is 0.421 e. The monoisotopic (exact) mass is 435 g/mol. The van der Waals surface area contributed by atoms with Crippen LogP contribution in [0.3, 0.4) is 0 Å². The van der Waals surface area contributed by atoms with Gasteiger partial charge >= 0.3 is 12.0 Å². The number of rotatable bonds is 4. The highest BCUT2D eigenvalue weighted by atomic mass is 16.2. The number of amides is 3. The highest BCUT2D eigenvalue weighted by molar-refractivity contribution is 6.22. The molecule has 4 rings (SSSR count). The maximum atomic E-state index is 13.7. The van der Waals surface area contributed by atoms with Gasteiger partial charge in [0.2, 0.25) is 11.9 Å². The van der Waals surface area contributed by atoms with E-state index in [1.807, 2.05) is 56.5 Å². The topological polar surface area (TPSA) is 73.8 Å². The lowest BCUT2D eigenvalue weighted by molar-refractivity contribution is -0.543. The molecule has 1 aromatic heterocycles. The summed E-state index contributed by atoms with van der Waals surface area (Å²) in [6.07, 6.45) is 0. The average Bonchev–Trinajstić information content (AvgIpc) is 3.25. The first-order chi connectivity index (χ1) is 15.1. The van der Waals surface area contributed by atoms with Crippen molar-refractivity contribution in [1.29, 1.82) is 0 Å². The van der Waals surface area contributed by atoms with E-state index in [2.05, 4.69) is 18.9 Å². The molecule has 0 aliphatic carbocycles. The number of urea groups is 1. The van der Waals surface area contributed by atoms with E-state index in [9.17, 15) is 9.59 Å². The fourth-order valence-corrected chi connectivity index (χ4v) is 4.37. The number of hydrogen-bond acceptors (Lipinski definition) is 4. The summed E-state index contributed by atoms with van der Waals surface area (Å²) in [5.74, 6) is 1.09. The zero-order valence-electron chi connectivity index (χ0n) is 19.9. The number of likely N-dealkylation sites (N-methyl/N-ethyl adjacent to an activating group) is 1. The average molecular weight is 436 g/mol. The Morgan fingerprint density at radius 2 is 1.81 bits per heavy atom. The van der Waals surface area contributed by atoms with Crippen LogP contribution in [0.5, 0.6) is 0 Å². The highest BCUT2D eigenvalue weighted by Gasteiger charge is 2.53.